The van der Waals surface area contributed by atoms with Crippen molar-refractivity contribution < 1.29 is 73.0 Å². The lowest BCUT2D eigenvalue weighted by Gasteiger charge is -2.06. The Hall–Kier alpha value is -3.93. The van der Waals surface area contributed by atoms with E-state index < -0.39 is 62.4 Å². The van der Waals surface area contributed by atoms with Crippen LogP contribution in [0.15, 0.2) is 47.4 Å². The molecule has 1 atom stereocenters. The van der Waals surface area contributed by atoms with Crippen LogP contribution in [-0.2, 0) is 10.1 Å². The average molecular weight is 591 g/mol. The first-order chi connectivity index (χ1) is 18.5. The molecule has 0 aliphatic rings. The zero-order chi connectivity index (χ0) is 31.0. The highest BCUT2D eigenvalue weighted by Gasteiger charge is 2.27. The Morgan fingerprint density at radius 3 is 1.35 bits per heavy atom. The van der Waals surface area contributed by atoms with Crippen LogP contribution in [0.3, 0.4) is 0 Å². The molecule has 0 bridgehead atoms. The summed E-state index contributed by atoms with van der Waals surface area (Å²) in [7, 11) is -4.92. The number of rotatable bonds is 12. The maximum absolute atomic E-state index is 10.9. The lowest BCUT2D eigenvalue weighted by atomic mass is 10.1. The van der Waals surface area contributed by atoms with Crippen molar-refractivity contribution in [3.63, 3.8) is 0 Å². The zero-order valence-electron chi connectivity index (χ0n) is 20.8. The van der Waals surface area contributed by atoms with Crippen molar-refractivity contribution in [3.05, 3.63) is 64.7 Å². The average Bonchev–Trinajstić information content (AvgIpc) is 2.87. The van der Waals surface area contributed by atoms with Gasteiger partial charge >= 0.3 is 23.9 Å². The van der Waals surface area contributed by atoms with Crippen LogP contribution in [0.1, 0.15) is 73.5 Å². The zero-order valence-corrected chi connectivity index (χ0v) is 21.6. The van der Waals surface area contributed by atoms with Gasteiger partial charge in [0.2, 0.25) is 0 Å². The Morgan fingerprint density at radius 1 is 0.650 bits per heavy atom. The highest BCUT2D eigenvalue weighted by Crippen LogP contribution is 2.21. The number of unbranched alkanes of at least 4 members (excludes halogenated alkanes) is 2. The topological polar surface area (TPSA) is 284 Å². The van der Waals surface area contributed by atoms with Crippen molar-refractivity contribution in [3.8, 4) is 0 Å². The third-order valence-electron chi connectivity index (χ3n) is 4.82. The van der Waals surface area contributed by atoms with E-state index in [1.54, 1.807) is 0 Å². The van der Waals surface area contributed by atoms with E-state index >= 15 is 0 Å². The van der Waals surface area contributed by atoms with Gasteiger partial charge in [0.1, 0.15) is 4.90 Å². The third kappa shape index (κ3) is 13.7. The van der Waals surface area contributed by atoms with E-state index in [9.17, 15) is 27.6 Å². The van der Waals surface area contributed by atoms with Crippen molar-refractivity contribution in [1.82, 2.24) is 0 Å². The smallest absolute Gasteiger partial charge is 0.337 e. The molecule has 0 aromatic heterocycles. The molecule has 1 unspecified atom stereocenters. The van der Waals surface area contributed by atoms with Crippen molar-refractivity contribution in [2.45, 2.75) is 49.4 Å². The summed E-state index contributed by atoms with van der Waals surface area (Å²) in [6.07, 6.45) is 1.54. The van der Waals surface area contributed by atoms with Crippen molar-refractivity contribution in [2.24, 2.45) is 0 Å². The van der Waals surface area contributed by atoms with Crippen molar-refractivity contribution in [1.29, 1.82) is 0 Å². The molecular weight excluding hydrogens is 560 g/mol. The van der Waals surface area contributed by atoms with Gasteiger partial charge in [-0.1, -0.05) is 18.9 Å². The lowest BCUT2D eigenvalue weighted by Crippen LogP contribution is -2.14. The van der Waals surface area contributed by atoms with Crippen LogP contribution in [0, 0.1) is 0 Å². The summed E-state index contributed by atoms with van der Waals surface area (Å²) in [5.41, 5.74) is -1.41. The summed E-state index contributed by atoms with van der Waals surface area (Å²) >= 11 is 0. The Kier molecular flexibility index (Phi) is 15.9. The van der Waals surface area contributed by atoms with Crippen molar-refractivity contribution >= 4 is 34.0 Å². The fourth-order valence-corrected chi connectivity index (χ4v) is 3.75. The second-order valence-corrected chi connectivity index (χ2v) is 9.27. The lowest BCUT2D eigenvalue weighted by molar-refractivity contribution is -0.0467. The van der Waals surface area contributed by atoms with Crippen LogP contribution in [0.4, 0.5) is 0 Å². The molecule has 0 aliphatic carbocycles. The molecule has 0 aliphatic heterocycles. The number of aromatic carboxylic acids is 4. The van der Waals surface area contributed by atoms with E-state index in [0.29, 0.717) is 12.8 Å². The van der Waals surface area contributed by atoms with Gasteiger partial charge < -0.3 is 40.9 Å². The quantitative estimate of drug-likeness (QED) is 0.0947. The maximum Gasteiger partial charge on any atom is 0.337 e. The molecular formula is C24H30O15S. The molecule has 0 saturated carbocycles. The molecule has 0 fully saturated rings. The predicted octanol–water partition coefficient (Wildman–Crippen LogP) is 1.01. The Morgan fingerprint density at radius 2 is 1.05 bits per heavy atom. The van der Waals surface area contributed by atoms with E-state index in [1.807, 2.05) is 0 Å². The highest BCUT2D eigenvalue weighted by molar-refractivity contribution is 7.86. The number of carbonyl (C=O) groups is 4. The summed E-state index contributed by atoms with van der Waals surface area (Å²) in [6, 6.07) is 7.87. The minimum absolute atomic E-state index is 0.0833. The number of carboxylic acid groups (broad SMARTS) is 4. The van der Waals surface area contributed by atoms with Crippen LogP contribution < -0.4 is 0 Å². The molecule has 15 nitrogen and oxygen atoms in total. The first-order valence-corrected chi connectivity index (χ1v) is 12.8. The molecule has 2 aromatic carbocycles. The third-order valence-corrected chi connectivity index (χ3v) is 5.78. The molecule has 0 heterocycles. The first-order valence-electron chi connectivity index (χ1n) is 11.3. The van der Waals surface area contributed by atoms with E-state index in [-0.39, 0.29) is 17.7 Å². The van der Waals surface area contributed by atoms with Gasteiger partial charge in [-0.15, -0.1) is 0 Å². The van der Waals surface area contributed by atoms with Gasteiger partial charge in [-0.3, -0.25) is 4.55 Å². The van der Waals surface area contributed by atoms with Crippen LogP contribution in [0.5, 0.6) is 0 Å². The molecule has 9 N–H and O–H groups in total. The summed E-state index contributed by atoms with van der Waals surface area (Å²) in [5, 5.41) is 68.6. The molecule has 2 rings (SSSR count). The van der Waals surface area contributed by atoms with Crippen LogP contribution in [-0.4, -0.2) is 96.7 Å². The normalized spacial score (nSPS) is 11.3. The first kappa shape index (κ1) is 36.1. The van der Waals surface area contributed by atoms with Gasteiger partial charge in [0, 0.05) is 0 Å². The highest BCUT2D eigenvalue weighted by atomic mass is 32.2. The minimum atomic E-state index is -4.92. The molecule has 16 heteroatoms. The molecule has 2 aromatic rings. The molecule has 222 valence electrons. The number of aliphatic hydroxyl groups is 4. The molecule has 0 amide bonds. The summed E-state index contributed by atoms with van der Waals surface area (Å²) in [6.45, 7) is -0.192. The van der Waals surface area contributed by atoms with Crippen LogP contribution >= 0.6 is 0 Å². The monoisotopic (exact) mass is 590 g/mol. The standard InChI is InChI=1S/C8H6O7S.C8H6O4.C8H18O4/c9-7(10)4-2-1-3-5(8(11)12)6(4)16(13,14)15;9-7(10)5-1-2-6(4-3-5)8(11)12;9-6-7(10)4-2-1-3-5-8(11)12/h1-3H,(H,9,10)(H,11,12)(H,13,14,15);1-4H,(H,9,10)(H,11,12);7-12H,1-6H2. The van der Waals surface area contributed by atoms with E-state index in [1.165, 1.54) is 24.3 Å². The molecule has 0 radical (unpaired) electrons. The maximum atomic E-state index is 10.9. The summed E-state index contributed by atoms with van der Waals surface area (Å²) < 4.78 is 30.6. The summed E-state index contributed by atoms with van der Waals surface area (Å²) in [5.74, 6) is -5.41. The fraction of sp³-hybridized carbons (Fsp3) is 0.333. The van der Waals surface area contributed by atoms with Gasteiger partial charge in [0.15, 0.2) is 6.29 Å². The SMILES string of the molecule is O=C(O)c1ccc(C(=O)O)cc1.O=C(O)c1cccc(C(=O)O)c1S(=O)(=O)O.OCC(O)CCCCCC(O)O. The van der Waals surface area contributed by atoms with Gasteiger partial charge in [-0.25, -0.2) is 19.2 Å². The molecule has 0 spiro atoms. The predicted molar refractivity (Wildman–Crippen MR) is 135 cm³/mol. The fourth-order valence-electron chi connectivity index (χ4n) is 2.88. The number of benzene rings is 2. The van der Waals surface area contributed by atoms with Gasteiger partial charge in [0.05, 0.1) is 35.0 Å². The van der Waals surface area contributed by atoms with Crippen LogP contribution in [0.25, 0.3) is 0 Å². The summed E-state index contributed by atoms with van der Waals surface area (Å²) in [4.78, 5) is 40.9. The number of carboxylic acids is 4. The Bertz CT molecular complexity index is 1170. The number of hydrogen-bond acceptors (Lipinski definition) is 10. The molecule has 40 heavy (non-hydrogen) atoms. The second-order valence-electron chi connectivity index (χ2n) is 7.91. The number of aliphatic hydroxyl groups excluding tert-OH is 3. The van der Waals surface area contributed by atoms with Gasteiger partial charge in [-0.2, -0.15) is 8.42 Å². The van der Waals surface area contributed by atoms with E-state index in [4.69, 9.17) is 45.4 Å². The number of hydrogen-bond donors (Lipinski definition) is 9. The second kappa shape index (κ2) is 17.6. The largest absolute Gasteiger partial charge is 0.478 e. The molecule has 0 saturated heterocycles. The van der Waals surface area contributed by atoms with Crippen LogP contribution in [0.2, 0.25) is 0 Å². The van der Waals surface area contributed by atoms with Crippen molar-refractivity contribution in [2.75, 3.05) is 6.61 Å². The minimum Gasteiger partial charge on any atom is -0.478 e. The van der Waals surface area contributed by atoms with E-state index in [0.717, 1.165) is 37.5 Å². The van der Waals surface area contributed by atoms with Gasteiger partial charge in [0.25, 0.3) is 10.1 Å². The Balaban J connectivity index is 0.000000580. The van der Waals surface area contributed by atoms with E-state index in [2.05, 4.69) is 0 Å². The van der Waals surface area contributed by atoms with Gasteiger partial charge in [-0.05, 0) is 55.7 Å². The Labute approximate surface area is 228 Å².